The van der Waals surface area contributed by atoms with Gasteiger partial charge in [0.1, 0.15) is 0 Å². The van der Waals surface area contributed by atoms with Crippen LogP contribution in [0.1, 0.15) is 10.4 Å². The van der Waals surface area contributed by atoms with Crippen LogP contribution in [0.25, 0.3) is 0 Å². The normalized spacial score (nSPS) is 11.3. The van der Waals surface area contributed by atoms with Crippen LogP contribution in [0.3, 0.4) is 0 Å². The van der Waals surface area contributed by atoms with Crippen molar-refractivity contribution in [2.24, 2.45) is 5.10 Å². The fourth-order valence-corrected chi connectivity index (χ4v) is 3.42. The minimum absolute atomic E-state index is 0.0189. The van der Waals surface area contributed by atoms with Gasteiger partial charge in [-0.05, 0) is 11.8 Å². The molecule has 24 heavy (non-hydrogen) atoms. The summed E-state index contributed by atoms with van der Waals surface area (Å²) in [5, 5.41) is 13.3. The molecule has 2 rings (SSSR count). The maximum Gasteiger partial charge on any atom is 0.244 e. The Labute approximate surface area is 151 Å². The van der Waals surface area contributed by atoms with Crippen molar-refractivity contribution < 1.29 is 9.83 Å². The van der Waals surface area contributed by atoms with E-state index in [1.807, 2.05) is 30.3 Å². The van der Waals surface area contributed by atoms with Crippen molar-refractivity contribution in [3.8, 4) is 0 Å². The van der Waals surface area contributed by atoms with E-state index in [9.17, 15) is 14.9 Å². The first-order valence-electron chi connectivity index (χ1n) is 6.71. The molecule has 0 saturated heterocycles. The molecule has 7 nitrogen and oxygen atoms in total. The zero-order valence-electron chi connectivity index (χ0n) is 12.6. The molecule has 1 aromatic heterocycles. The lowest BCUT2D eigenvalue weighted by molar-refractivity contribution is -0.485. The maximum absolute atomic E-state index is 12.7. The number of amidine groups is 1. The molecule has 2 aromatic rings. The van der Waals surface area contributed by atoms with Crippen molar-refractivity contribution in [3.63, 3.8) is 0 Å². The van der Waals surface area contributed by atoms with Crippen LogP contribution < -0.4 is 0 Å². The molecule has 1 amide bonds. The molecular formula is C14H13ClN4O3S2. The SMILES string of the molecule is CS/C(=N\[N+](=O)[O-])N(Cc1cnc(Cl)s1)C(=O)Cc1ccccc1. The van der Waals surface area contributed by atoms with Gasteiger partial charge in [-0.3, -0.25) is 9.69 Å². The second-order valence-corrected chi connectivity index (χ2v) is 7.02. The number of thioether (sulfide) groups is 1. The van der Waals surface area contributed by atoms with Gasteiger partial charge < -0.3 is 0 Å². The predicted molar refractivity (Wildman–Crippen MR) is 95.8 cm³/mol. The van der Waals surface area contributed by atoms with Crippen molar-refractivity contribution in [2.45, 2.75) is 13.0 Å². The Bertz CT molecular complexity index is 751. The fraction of sp³-hybridized carbons (Fsp3) is 0.214. The summed E-state index contributed by atoms with van der Waals surface area (Å²) in [4.78, 5) is 29.3. The average Bonchev–Trinajstić information content (AvgIpc) is 2.96. The number of hydrogen-bond donors (Lipinski definition) is 0. The molecule has 0 aliphatic heterocycles. The molecule has 0 aliphatic carbocycles. The predicted octanol–water partition coefficient (Wildman–Crippen LogP) is 3.28. The molecule has 126 valence electrons. The summed E-state index contributed by atoms with van der Waals surface area (Å²) in [6.07, 6.45) is 3.29. The van der Waals surface area contributed by atoms with Crippen molar-refractivity contribution in [2.75, 3.05) is 6.26 Å². The van der Waals surface area contributed by atoms with E-state index < -0.39 is 5.03 Å². The highest BCUT2D eigenvalue weighted by molar-refractivity contribution is 8.13. The van der Waals surface area contributed by atoms with Crippen LogP contribution in [0.5, 0.6) is 0 Å². The highest BCUT2D eigenvalue weighted by Gasteiger charge is 2.23. The topological polar surface area (TPSA) is 88.7 Å². The lowest BCUT2D eigenvalue weighted by Crippen LogP contribution is -2.36. The maximum atomic E-state index is 12.7. The number of nitrogens with zero attached hydrogens (tertiary/aromatic N) is 4. The largest absolute Gasteiger partial charge is 0.281 e. The lowest BCUT2D eigenvalue weighted by Gasteiger charge is -2.20. The Morgan fingerprint density at radius 2 is 2.17 bits per heavy atom. The van der Waals surface area contributed by atoms with Crippen LogP contribution >= 0.6 is 34.7 Å². The van der Waals surface area contributed by atoms with Crippen molar-refractivity contribution >= 4 is 45.8 Å². The summed E-state index contributed by atoms with van der Waals surface area (Å²) in [7, 11) is 0. The van der Waals surface area contributed by atoms with E-state index >= 15 is 0 Å². The highest BCUT2D eigenvalue weighted by Crippen LogP contribution is 2.21. The molecule has 0 radical (unpaired) electrons. The molecule has 0 fully saturated rings. The summed E-state index contributed by atoms with van der Waals surface area (Å²) in [5.41, 5.74) is 0.816. The van der Waals surface area contributed by atoms with Gasteiger partial charge in [0.15, 0.2) is 9.50 Å². The molecule has 0 unspecified atom stereocenters. The fourth-order valence-electron chi connectivity index (χ4n) is 1.92. The van der Waals surface area contributed by atoms with E-state index in [0.29, 0.717) is 9.34 Å². The van der Waals surface area contributed by atoms with E-state index in [1.54, 1.807) is 12.5 Å². The van der Waals surface area contributed by atoms with Crippen molar-refractivity contribution in [1.29, 1.82) is 0 Å². The summed E-state index contributed by atoms with van der Waals surface area (Å²) in [5.74, 6) is -0.291. The van der Waals surface area contributed by atoms with Gasteiger partial charge in [0.25, 0.3) is 0 Å². The second-order valence-electron chi connectivity index (χ2n) is 4.55. The lowest BCUT2D eigenvalue weighted by atomic mass is 10.1. The minimum atomic E-state index is -0.811. The quantitative estimate of drug-likeness (QED) is 0.341. The number of carbonyl (C=O) groups is 1. The van der Waals surface area contributed by atoms with Gasteiger partial charge >= 0.3 is 0 Å². The molecule has 1 heterocycles. The minimum Gasteiger partial charge on any atom is -0.281 e. The summed E-state index contributed by atoms with van der Waals surface area (Å²) >= 11 is 8.06. The number of nitro groups is 1. The Morgan fingerprint density at radius 3 is 2.71 bits per heavy atom. The zero-order valence-corrected chi connectivity index (χ0v) is 15.0. The molecule has 0 atom stereocenters. The van der Waals surface area contributed by atoms with Gasteiger partial charge in [-0.1, -0.05) is 53.7 Å². The Balaban J connectivity index is 2.26. The van der Waals surface area contributed by atoms with Crippen molar-refractivity contribution in [1.82, 2.24) is 9.88 Å². The zero-order chi connectivity index (χ0) is 17.5. The molecule has 0 aliphatic rings. The number of amides is 1. The monoisotopic (exact) mass is 384 g/mol. The molecule has 1 aromatic carbocycles. The van der Waals surface area contributed by atoms with E-state index in [1.165, 1.54) is 16.2 Å². The van der Waals surface area contributed by atoms with Crippen LogP contribution in [-0.4, -0.2) is 32.2 Å². The van der Waals surface area contributed by atoms with Crippen LogP contribution in [0, 0.1) is 10.1 Å². The van der Waals surface area contributed by atoms with E-state index in [2.05, 4.69) is 10.1 Å². The first-order valence-corrected chi connectivity index (χ1v) is 9.13. The number of thiazole rings is 1. The summed E-state index contributed by atoms with van der Waals surface area (Å²) in [6, 6.07) is 9.16. The smallest absolute Gasteiger partial charge is 0.244 e. The van der Waals surface area contributed by atoms with Gasteiger partial charge in [0.05, 0.1) is 18.1 Å². The third-order valence-electron chi connectivity index (χ3n) is 2.92. The van der Waals surface area contributed by atoms with Crippen molar-refractivity contribution in [3.05, 3.63) is 61.6 Å². The molecule has 0 saturated carbocycles. The summed E-state index contributed by atoms with van der Waals surface area (Å²) in [6.45, 7) is 0.129. The van der Waals surface area contributed by atoms with E-state index in [-0.39, 0.29) is 24.0 Å². The van der Waals surface area contributed by atoms with Crippen LogP contribution in [0.15, 0.2) is 41.6 Å². The summed E-state index contributed by atoms with van der Waals surface area (Å²) < 4.78 is 0.345. The third kappa shape index (κ3) is 5.29. The van der Waals surface area contributed by atoms with E-state index in [4.69, 9.17) is 11.6 Å². The van der Waals surface area contributed by atoms with Crippen LogP contribution in [0.4, 0.5) is 0 Å². The first-order chi connectivity index (χ1) is 11.5. The van der Waals surface area contributed by atoms with Gasteiger partial charge in [0.2, 0.25) is 11.1 Å². The number of rotatable bonds is 5. The number of benzene rings is 1. The Hall–Kier alpha value is -1.97. The van der Waals surface area contributed by atoms with E-state index in [0.717, 1.165) is 17.3 Å². The number of hydrazone groups is 1. The number of hydrogen-bond acceptors (Lipinski definition) is 6. The average molecular weight is 385 g/mol. The molecule has 10 heteroatoms. The number of aromatic nitrogens is 1. The van der Waals surface area contributed by atoms with Gasteiger partial charge in [0, 0.05) is 11.1 Å². The Morgan fingerprint density at radius 1 is 1.46 bits per heavy atom. The van der Waals surface area contributed by atoms with Gasteiger partial charge in [-0.25, -0.2) is 15.1 Å². The van der Waals surface area contributed by atoms with Gasteiger partial charge in [-0.2, -0.15) is 0 Å². The standard InChI is InChI=1S/C14H13ClN4O3S2/c1-23-14(17-19(21)22)18(9-11-8-16-13(15)24-11)12(20)7-10-5-3-2-4-6-10/h2-6,8H,7,9H2,1H3/b17-14-. The van der Waals surface area contributed by atoms with Crippen LogP contribution in [-0.2, 0) is 17.8 Å². The number of carbonyl (C=O) groups excluding carboxylic acids is 1. The molecule has 0 spiro atoms. The first kappa shape index (κ1) is 18.4. The van der Waals surface area contributed by atoms with Gasteiger partial charge in [-0.15, -0.1) is 11.3 Å². The number of halogens is 1. The highest BCUT2D eigenvalue weighted by atomic mass is 35.5. The Kier molecular flexibility index (Phi) is 6.71. The molecule has 0 N–H and O–H groups in total. The third-order valence-corrected chi connectivity index (χ3v) is 4.69. The second kappa shape index (κ2) is 8.76. The molecule has 0 bridgehead atoms. The molecular weight excluding hydrogens is 372 g/mol. The van der Waals surface area contributed by atoms with Crippen LogP contribution in [0.2, 0.25) is 4.47 Å².